The molecule has 2 aromatic heterocycles. The van der Waals surface area contributed by atoms with Gasteiger partial charge in [0, 0.05) is 17.0 Å². The number of nitrogens with one attached hydrogen (secondary N) is 1. The fourth-order valence-corrected chi connectivity index (χ4v) is 3.66. The van der Waals surface area contributed by atoms with Crippen LogP contribution in [0.2, 0.25) is 0 Å². The smallest absolute Gasteiger partial charge is 0.243 e. The number of hydrogen-bond acceptors (Lipinski definition) is 6. The quantitative estimate of drug-likeness (QED) is 0.907. The summed E-state index contributed by atoms with van der Waals surface area (Å²) in [4.78, 5) is 8.56. The Balaban J connectivity index is 2.21. The fraction of sp³-hybridized carbons (Fsp3) is 0.444. The lowest BCUT2D eigenvalue weighted by Gasteiger charge is -1.97. The van der Waals surface area contributed by atoms with E-state index in [-0.39, 0.29) is 10.9 Å². The van der Waals surface area contributed by atoms with Crippen LogP contribution in [0.5, 0.6) is 0 Å². The first-order chi connectivity index (χ1) is 7.99. The monoisotopic (exact) mass is 272 g/mol. The van der Waals surface area contributed by atoms with Gasteiger partial charge in [-0.05, 0) is 0 Å². The number of rotatable bonds is 4. The zero-order valence-electron chi connectivity index (χ0n) is 9.41. The Morgan fingerprint density at radius 3 is 2.71 bits per heavy atom. The second-order valence-corrected chi connectivity index (χ2v) is 6.92. The summed E-state index contributed by atoms with van der Waals surface area (Å²) in [7, 11) is -3.44. The third-order valence-electron chi connectivity index (χ3n) is 2.09. The van der Waals surface area contributed by atoms with Crippen LogP contribution in [0.25, 0.3) is 0 Å². The normalized spacial score (nSPS) is 12.2. The number of nitrogens with zero attached hydrogens (tertiary/aromatic N) is 3. The van der Waals surface area contributed by atoms with Gasteiger partial charge in [-0.2, -0.15) is 5.10 Å². The summed E-state index contributed by atoms with van der Waals surface area (Å²) in [5.74, 6) is 0.216. The Hall–Kier alpha value is -1.28. The van der Waals surface area contributed by atoms with Crippen LogP contribution < -0.4 is 0 Å². The molecular weight excluding hydrogens is 260 g/mol. The van der Waals surface area contributed by atoms with Crippen molar-refractivity contribution in [3.05, 3.63) is 22.4 Å². The van der Waals surface area contributed by atoms with Crippen molar-refractivity contribution in [1.82, 2.24) is 20.2 Å². The summed E-state index contributed by atoms with van der Waals surface area (Å²) in [5.41, 5.74) is 0. The van der Waals surface area contributed by atoms with E-state index in [1.807, 2.05) is 13.8 Å². The van der Waals surface area contributed by atoms with Crippen LogP contribution in [0.3, 0.4) is 0 Å². The van der Waals surface area contributed by atoms with Gasteiger partial charge in [-0.3, -0.25) is 5.10 Å². The van der Waals surface area contributed by atoms with E-state index in [1.54, 1.807) is 6.20 Å². The van der Waals surface area contributed by atoms with Crippen molar-refractivity contribution in [3.8, 4) is 0 Å². The minimum atomic E-state index is -3.44. The third kappa shape index (κ3) is 2.70. The van der Waals surface area contributed by atoms with Crippen molar-refractivity contribution in [2.75, 3.05) is 0 Å². The Bertz CT molecular complexity index is 586. The molecule has 0 aliphatic heterocycles. The molecule has 8 heteroatoms. The number of aromatic nitrogens is 4. The highest BCUT2D eigenvalue weighted by Crippen LogP contribution is 2.23. The number of hydrogen-bond donors (Lipinski definition) is 1. The molecule has 0 bridgehead atoms. The molecule has 0 amide bonds. The number of aromatic amines is 1. The van der Waals surface area contributed by atoms with E-state index >= 15 is 0 Å². The summed E-state index contributed by atoms with van der Waals surface area (Å²) < 4.78 is 23.8. The average Bonchev–Trinajstić information content (AvgIpc) is 2.85. The first-order valence-electron chi connectivity index (χ1n) is 5.02. The second-order valence-electron chi connectivity index (χ2n) is 3.87. The van der Waals surface area contributed by atoms with E-state index in [0.29, 0.717) is 10.8 Å². The van der Waals surface area contributed by atoms with Gasteiger partial charge in [0.05, 0.1) is 10.8 Å². The molecule has 1 N–H and O–H groups in total. The van der Waals surface area contributed by atoms with Crippen LogP contribution in [0, 0.1) is 0 Å². The summed E-state index contributed by atoms with van der Waals surface area (Å²) in [6.45, 7) is 4.04. The van der Waals surface area contributed by atoms with Crippen molar-refractivity contribution in [1.29, 1.82) is 0 Å². The highest BCUT2D eigenvalue weighted by atomic mass is 32.2. The molecule has 92 valence electrons. The SMILES string of the molecule is CC(C)c1ncc(CS(=O)(=O)c2ncn[nH]2)s1. The molecule has 0 aliphatic rings. The topological polar surface area (TPSA) is 88.6 Å². The molecule has 0 aromatic carbocycles. The van der Waals surface area contributed by atoms with Crippen LogP contribution in [0.15, 0.2) is 17.7 Å². The summed E-state index contributed by atoms with van der Waals surface area (Å²) in [6.07, 6.45) is 2.78. The molecule has 2 aromatic rings. The molecule has 6 nitrogen and oxygen atoms in total. The van der Waals surface area contributed by atoms with Crippen LogP contribution >= 0.6 is 11.3 Å². The maximum atomic E-state index is 11.9. The van der Waals surface area contributed by atoms with Crippen molar-refractivity contribution in [3.63, 3.8) is 0 Å². The van der Waals surface area contributed by atoms with Crippen molar-refractivity contribution in [2.24, 2.45) is 0 Å². The molecule has 2 heterocycles. The first kappa shape index (κ1) is 12.2. The summed E-state index contributed by atoms with van der Waals surface area (Å²) in [5, 5.41) is 6.74. The van der Waals surface area contributed by atoms with Crippen molar-refractivity contribution in [2.45, 2.75) is 30.7 Å². The van der Waals surface area contributed by atoms with Gasteiger partial charge in [0.25, 0.3) is 0 Å². The molecule has 0 aliphatic carbocycles. The van der Waals surface area contributed by atoms with Gasteiger partial charge >= 0.3 is 0 Å². The fourth-order valence-electron chi connectivity index (χ4n) is 1.26. The maximum absolute atomic E-state index is 11.9. The standard InChI is InChI=1S/C9H12N4O2S2/c1-6(2)8-10-3-7(16-8)4-17(14,15)9-11-5-12-13-9/h3,5-6H,4H2,1-2H3,(H,11,12,13). The summed E-state index contributed by atoms with van der Waals surface area (Å²) >= 11 is 1.41. The van der Waals surface area contributed by atoms with E-state index in [1.165, 1.54) is 17.7 Å². The Labute approximate surface area is 103 Å². The van der Waals surface area contributed by atoms with Gasteiger partial charge in [0.15, 0.2) is 0 Å². The Morgan fingerprint density at radius 1 is 1.41 bits per heavy atom. The van der Waals surface area contributed by atoms with Crippen molar-refractivity contribution >= 4 is 21.2 Å². The molecule has 0 spiro atoms. The van der Waals surface area contributed by atoms with E-state index in [0.717, 1.165) is 5.01 Å². The molecular formula is C9H12N4O2S2. The summed E-state index contributed by atoms with van der Waals surface area (Å²) in [6, 6.07) is 0. The highest BCUT2D eigenvalue weighted by molar-refractivity contribution is 7.90. The zero-order chi connectivity index (χ0) is 12.5. The molecule has 0 saturated heterocycles. The van der Waals surface area contributed by atoms with Crippen LogP contribution in [-0.4, -0.2) is 28.6 Å². The van der Waals surface area contributed by atoms with Crippen LogP contribution in [-0.2, 0) is 15.6 Å². The lowest BCUT2D eigenvalue weighted by Crippen LogP contribution is -2.05. The van der Waals surface area contributed by atoms with Gasteiger partial charge < -0.3 is 0 Å². The minimum Gasteiger partial charge on any atom is -0.250 e. The maximum Gasteiger partial charge on any atom is 0.243 e. The van der Waals surface area contributed by atoms with Gasteiger partial charge in [0.1, 0.15) is 6.33 Å². The molecule has 0 unspecified atom stereocenters. The molecule has 2 rings (SSSR count). The first-order valence-corrected chi connectivity index (χ1v) is 7.48. The lowest BCUT2D eigenvalue weighted by atomic mass is 10.2. The predicted molar refractivity (Wildman–Crippen MR) is 63.5 cm³/mol. The van der Waals surface area contributed by atoms with E-state index < -0.39 is 9.84 Å². The lowest BCUT2D eigenvalue weighted by molar-refractivity contribution is 0.587. The van der Waals surface area contributed by atoms with Gasteiger partial charge in [-0.15, -0.1) is 11.3 Å². The van der Waals surface area contributed by atoms with Gasteiger partial charge in [-0.1, -0.05) is 13.8 Å². The highest BCUT2D eigenvalue weighted by Gasteiger charge is 2.20. The van der Waals surface area contributed by atoms with E-state index in [2.05, 4.69) is 20.2 Å². The third-order valence-corrected chi connectivity index (χ3v) is 5.04. The predicted octanol–water partition coefficient (Wildman–Crippen LogP) is 1.36. The zero-order valence-corrected chi connectivity index (χ0v) is 11.0. The minimum absolute atomic E-state index is 0.0907. The van der Waals surface area contributed by atoms with Gasteiger partial charge in [0.2, 0.25) is 15.0 Å². The number of sulfone groups is 1. The van der Waals surface area contributed by atoms with Crippen LogP contribution in [0.4, 0.5) is 0 Å². The molecule has 17 heavy (non-hydrogen) atoms. The number of thiazole rings is 1. The second kappa shape index (κ2) is 4.53. The Morgan fingerprint density at radius 2 is 2.18 bits per heavy atom. The van der Waals surface area contributed by atoms with E-state index in [4.69, 9.17) is 0 Å². The van der Waals surface area contributed by atoms with E-state index in [9.17, 15) is 8.42 Å². The average molecular weight is 272 g/mol. The molecule has 0 fully saturated rings. The van der Waals surface area contributed by atoms with Crippen LogP contribution in [0.1, 0.15) is 29.7 Å². The van der Waals surface area contributed by atoms with Crippen molar-refractivity contribution < 1.29 is 8.42 Å². The molecule has 0 atom stereocenters. The number of H-pyrrole nitrogens is 1. The largest absolute Gasteiger partial charge is 0.250 e. The van der Waals surface area contributed by atoms with Gasteiger partial charge in [-0.25, -0.2) is 18.4 Å². The molecule has 0 saturated carbocycles. The molecule has 0 radical (unpaired) electrons. The Kier molecular flexibility index (Phi) is 3.25.